The molecule has 0 N–H and O–H groups in total. The molecule has 0 radical (unpaired) electrons. The van der Waals surface area contributed by atoms with Crippen LogP contribution in [0.25, 0.3) is 0 Å². The van der Waals surface area contributed by atoms with Crippen LogP contribution in [0.1, 0.15) is 83.0 Å². The highest BCUT2D eigenvalue weighted by atomic mass is 35.5. The van der Waals surface area contributed by atoms with Crippen molar-refractivity contribution in [2.45, 2.75) is 90.3 Å². The number of hydrogen-bond acceptors (Lipinski definition) is 5. The quantitative estimate of drug-likeness (QED) is 0.371. The summed E-state index contributed by atoms with van der Waals surface area (Å²) in [5.74, 6) is 0.229. The molecule has 1 fully saturated rings. The van der Waals surface area contributed by atoms with Crippen molar-refractivity contribution < 1.29 is 23.8 Å². The molecule has 1 unspecified atom stereocenters. The average Bonchev–Trinajstić information content (AvgIpc) is 2.83. The summed E-state index contributed by atoms with van der Waals surface area (Å²) < 4.78 is 16.9. The molecule has 1 aromatic rings. The van der Waals surface area contributed by atoms with Crippen molar-refractivity contribution in [3.05, 3.63) is 22.7 Å². The fraction of sp³-hybridized carbons (Fsp3) is 0.704. The number of unbranched alkanes of at least 4 members (excludes halogenated alkanes) is 1. The maximum Gasteiger partial charge on any atom is 0.273 e. The highest BCUT2D eigenvalue weighted by molar-refractivity contribution is 6.34. The third-order valence-electron chi connectivity index (χ3n) is 6.92. The van der Waals surface area contributed by atoms with Gasteiger partial charge in [-0.1, -0.05) is 30.9 Å². The van der Waals surface area contributed by atoms with Crippen molar-refractivity contribution >= 4 is 29.1 Å². The molecule has 8 heteroatoms. The van der Waals surface area contributed by atoms with E-state index in [-0.39, 0.29) is 30.5 Å². The number of hydrogen-bond donors (Lipinski definition) is 0. The zero-order chi connectivity index (χ0) is 25.6. The molecule has 1 saturated carbocycles. The minimum Gasteiger partial charge on any atom is -0.473 e. The third-order valence-corrected chi connectivity index (χ3v) is 7.24. The number of anilines is 1. The summed E-state index contributed by atoms with van der Waals surface area (Å²) in [5, 5.41) is 0.336. The Morgan fingerprint density at radius 3 is 2.60 bits per heavy atom. The van der Waals surface area contributed by atoms with E-state index in [1.165, 1.54) is 6.42 Å². The first-order valence-electron chi connectivity index (χ1n) is 13.0. The van der Waals surface area contributed by atoms with E-state index in [1.54, 1.807) is 31.1 Å². The smallest absolute Gasteiger partial charge is 0.273 e. The van der Waals surface area contributed by atoms with Gasteiger partial charge >= 0.3 is 0 Å². The molecule has 7 nitrogen and oxygen atoms in total. The molecule has 0 saturated heterocycles. The summed E-state index contributed by atoms with van der Waals surface area (Å²) in [4.78, 5) is 31.1. The molecule has 1 heterocycles. The van der Waals surface area contributed by atoms with Crippen LogP contribution in [-0.2, 0) is 14.3 Å². The number of rotatable bonds is 11. The maximum absolute atomic E-state index is 13.8. The molecule has 1 atom stereocenters. The Bertz CT molecular complexity index is 887. The molecule has 3 rings (SSSR count). The normalized spacial score (nSPS) is 20.7. The lowest BCUT2D eigenvalue weighted by molar-refractivity contribution is -0.139. The zero-order valence-electron chi connectivity index (χ0n) is 21.9. The van der Waals surface area contributed by atoms with E-state index in [2.05, 4.69) is 0 Å². The molecular weight excluding hydrogens is 468 g/mol. The van der Waals surface area contributed by atoms with E-state index in [4.69, 9.17) is 25.8 Å². The van der Waals surface area contributed by atoms with Crippen molar-refractivity contribution in [1.29, 1.82) is 0 Å². The Morgan fingerprint density at radius 2 is 1.97 bits per heavy atom. The maximum atomic E-state index is 13.8. The number of benzene rings is 1. The van der Waals surface area contributed by atoms with Gasteiger partial charge < -0.3 is 24.0 Å². The minimum atomic E-state index is -1.16. The number of methoxy groups -OCH3 is 1. The van der Waals surface area contributed by atoms with E-state index in [9.17, 15) is 9.59 Å². The van der Waals surface area contributed by atoms with Gasteiger partial charge in [0.2, 0.25) is 5.60 Å². The minimum absolute atomic E-state index is 0.0511. The van der Waals surface area contributed by atoms with Crippen LogP contribution in [0.2, 0.25) is 5.02 Å². The van der Waals surface area contributed by atoms with Gasteiger partial charge in [0.1, 0.15) is 5.75 Å². The van der Waals surface area contributed by atoms with Gasteiger partial charge in [-0.05, 0) is 59.4 Å². The van der Waals surface area contributed by atoms with Crippen LogP contribution < -0.4 is 9.64 Å². The molecule has 2 aliphatic rings. The number of nitrogens with zero attached hydrogens (tertiary/aromatic N) is 2. The Balaban J connectivity index is 1.98. The summed E-state index contributed by atoms with van der Waals surface area (Å²) in [5.41, 5.74) is -0.163. The number of ether oxygens (including phenoxy) is 3. The monoisotopic (exact) mass is 508 g/mol. The molecule has 2 amide bonds. The van der Waals surface area contributed by atoms with E-state index in [0.717, 1.165) is 38.5 Å². The predicted molar refractivity (Wildman–Crippen MR) is 139 cm³/mol. The summed E-state index contributed by atoms with van der Waals surface area (Å²) in [6.07, 6.45) is 7.08. The molecule has 0 bridgehead atoms. The third kappa shape index (κ3) is 6.30. The van der Waals surface area contributed by atoms with Gasteiger partial charge in [-0.15, -0.1) is 0 Å². The molecule has 0 aromatic heterocycles. The van der Waals surface area contributed by atoms with Crippen LogP contribution in [-0.4, -0.2) is 67.9 Å². The van der Waals surface area contributed by atoms with Crippen molar-refractivity contribution in [3.8, 4) is 5.75 Å². The second kappa shape index (κ2) is 12.4. The lowest BCUT2D eigenvalue weighted by atomic mass is 9.92. The van der Waals surface area contributed by atoms with Gasteiger partial charge in [-0.3, -0.25) is 9.59 Å². The highest BCUT2D eigenvalue weighted by Crippen LogP contribution is 2.42. The standard InChI is InChI=1S/C27H41ClN2O5/c1-6-34-18-27(4)26(32)29(14-10-11-15-33-5)23-16-21(22(28)17-24(23)35-27)25(31)30(19(2)3)20-12-8-7-9-13-20/h16-17,19-20H,6-15,18H2,1-5H3. The molecule has 35 heavy (non-hydrogen) atoms. The number of amides is 2. The van der Waals surface area contributed by atoms with Crippen LogP contribution >= 0.6 is 11.6 Å². The summed E-state index contributed by atoms with van der Waals surface area (Å²) >= 11 is 6.69. The van der Waals surface area contributed by atoms with E-state index >= 15 is 0 Å². The lowest BCUT2D eigenvalue weighted by Gasteiger charge is -2.41. The van der Waals surface area contributed by atoms with E-state index in [0.29, 0.717) is 41.8 Å². The molecule has 1 aliphatic carbocycles. The highest BCUT2D eigenvalue weighted by Gasteiger charge is 2.45. The molecule has 1 aromatic carbocycles. The van der Waals surface area contributed by atoms with Crippen LogP contribution in [0.5, 0.6) is 5.75 Å². The van der Waals surface area contributed by atoms with Crippen LogP contribution in [0, 0.1) is 0 Å². The Hall–Kier alpha value is -1.83. The molecule has 1 aliphatic heterocycles. The number of carbonyl (C=O) groups excluding carboxylic acids is 2. The SMILES string of the molecule is CCOCC1(C)Oc2cc(Cl)c(C(=O)N(C(C)C)C3CCCCC3)cc2N(CCCCOC)C1=O. The van der Waals surface area contributed by atoms with Gasteiger partial charge in [0, 0.05) is 45.0 Å². The van der Waals surface area contributed by atoms with Gasteiger partial charge in [0.25, 0.3) is 11.8 Å². The van der Waals surface area contributed by atoms with Crippen molar-refractivity contribution in [1.82, 2.24) is 4.90 Å². The summed E-state index contributed by atoms with van der Waals surface area (Å²) in [6, 6.07) is 3.69. The zero-order valence-corrected chi connectivity index (χ0v) is 22.7. The number of halogens is 1. The number of carbonyl (C=O) groups is 2. The Kier molecular flexibility index (Phi) is 9.85. The first-order valence-corrected chi connectivity index (χ1v) is 13.3. The summed E-state index contributed by atoms with van der Waals surface area (Å²) in [6.45, 7) is 9.45. The number of fused-ring (bicyclic) bond motifs is 1. The Morgan fingerprint density at radius 1 is 1.26 bits per heavy atom. The second-order valence-electron chi connectivity index (χ2n) is 10.0. The van der Waals surface area contributed by atoms with Gasteiger partial charge in [-0.25, -0.2) is 0 Å². The van der Waals surface area contributed by atoms with Crippen LogP contribution in [0.4, 0.5) is 5.69 Å². The van der Waals surface area contributed by atoms with Gasteiger partial charge in [0.15, 0.2) is 0 Å². The first-order chi connectivity index (χ1) is 16.7. The predicted octanol–water partition coefficient (Wildman–Crippen LogP) is 5.47. The Labute approximate surface area is 215 Å². The van der Waals surface area contributed by atoms with Gasteiger partial charge in [-0.2, -0.15) is 0 Å². The van der Waals surface area contributed by atoms with E-state index in [1.807, 2.05) is 25.7 Å². The second-order valence-corrected chi connectivity index (χ2v) is 10.4. The summed E-state index contributed by atoms with van der Waals surface area (Å²) in [7, 11) is 1.67. The van der Waals surface area contributed by atoms with E-state index < -0.39 is 5.60 Å². The fourth-order valence-corrected chi connectivity index (χ4v) is 5.36. The average molecular weight is 509 g/mol. The van der Waals surface area contributed by atoms with Crippen LogP contribution in [0.3, 0.4) is 0 Å². The fourth-order valence-electron chi connectivity index (χ4n) is 5.13. The molecule has 0 spiro atoms. The van der Waals surface area contributed by atoms with Crippen molar-refractivity contribution in [3.63, 3.8) is 0 Å². The van der Waals surface area contributed by atoms with Crippen molar-refractivity contribution in [2.75, 3.05) is 38.4 Å². The van der Waals surface area contributed by atoms with Gasteiger partial charge in [0.05, 0.1) is 22.9 Å². The lowest BCUT2D eigenvalue weighted by Crippen LogP contribution is -2.57. The largest absolute Gasteiger partial charge is 0.473 e. The topological polar surface area (TPSA) is 68.3 Å². The first kappa shape index (κ1) is 27.8. The van der Waals surface area contributed by atoms with Crippen molar-refractivity contribution in [2.24, 2.45) is 0 Å². The molecule has 196 valence electrons. The molecular formula is C27H41ClN2O5. The van der Waals surface area contributed by atoms with Crippen LogP contribution in [0.15, 0.2) is 12.1 Å².